The Bertz CT molecular complexity index is 1120. The van der Waals surface area contributed by atoms with E-state index in [1.165, 1.54) is 15.5 Å². The Morgan fingerprint density at radius 3 is 2.67 bits per heavy atom. The van der Waals surface area contributed by atoms with Crippen LogP contribution in [-0.4, -0.2) is 27.4 Å². The third kappa shape index (κ3) is 4.11. The SMILES string of the molecule is CN(Cc1ccc(F)c(F)c1)C(=O)CCn1c(=S)[nH]c2ccccc2c1=O. The number of carbonyl (C=O) groups is 1. The average Bonchev–Trinajstić information content (AvgIpc) is 2.64. The first-order valence-corrected chi connectivity index (χ1v) is 8.67. The Morgan fingerprint density at radius 1 is 1.19 bits per heavy atom. The molecule has 140 valence electrons. The fourth-order valence-corrected chi connectivity index (χ4v) is 3.08. The topological polar surface area (TPSA) is 58.1 Å². The van der Waals surface area contributed by atoms with Crippen molar-refractivity contribution in [1.29, 1.82) is 0 Å². The number of carbonyl (C=O) groups excluding carboxylic acids is 1. The second kappa shape index (κ2) is 7.79. The van der Waals surface area contributed by atoms with Gasteiger partial charge in [-0.1, -0.05) is 18.2 Å². The van der Waals surface area contributed by atoms with Crippen LogP contribution in [0.15, 0.2) is 47.3 Å². The van der Waals surface area contributed by atoms with Gasteiger partial charge in [-0.3, -0.25) is 14.2 Å². The van der Waals surface area contributed by atoms with Crippen LogP contribution in [0.2, 0.25) is 0 Å². The first kappa shape index (κ1) is 18.9. The van der Waals surface area contributed by atoms with E-state index in [0.717, 1.165) is 12.1 Å². The van der Waals surface area contributed by atoms with Crippen LogP contribution < -0.4 is 5.56 Å². The van der Waals surface area contributed by atoms with Crippen LogP contribution in [0.4, 0.5) is 8.78 Å². The first-order valence-electron chi connectivity index (χ1n) is 8.26. The van der Waals surface area contributed by atoms with E-state index < -0.39 is 11.6 Å². The van der Waals surface area contributed by atoms with E-state index in [0.29, 0.717) is 16.5 Å². The summed E-state index contributed by atoms with van der Waals surface area (Å²) in [6.07, 6.45) is 0.0515. The maximum absolute atomic E-state index is 13.3. The van der Waals surface area contributed by atoms with Crippen molar-refractivity contribution in [2.75, 3.05) is 7.05 Å². The molecule has 0 bridgehead atoms. The van der Waals surface area contributed by atoms with Crippen LogP contribution in [0.5, 0.6) is 0 Å². The smallest absolute Gasteiger partial charge is 0.262 e. The van der Waals surface area contributed by atoms with Crippen molar-refractivity contribution < 1.29 is 13.6 Å². The second-order valence-corrected chi connectivity index (χ2v) is 6.57. The number of hydrogen-bond donors (Lipinski definition) is 1. The lowest BCUT2D eigenvalue weighted by molar-refractivity contribution is -0.130. The molecule has 0 saturated carbocycles. The lowest BCUT2D eigenvalue weighted by Crippen LogP contribution is -2.29. The molecule has 0 aliphatic rings. The Balaban J connectivity index is 1.71. The van der Waals surface area contributed by atoms with Gasteiger partial charge in [-0.25, -0.2) is 8.78 Å². The number of nitrogens with zero attached hydrogens (tertiary/aromatic N) is 2. The molecule has 0 aliphatic heterocycles. The molecule has 3 aromatic rings. The summed E-state index contributed by atoms with van der Waals surface area (Å²) < 4.78 is 27.9. The van der Waals surface area contributed by atoms with Crippen molar-refractivity contribution in [2.45, 2.75) is 19.5 Å². The predicted octanol–water partition coefficient (Wildman–Crippen LogP) is 3.39. The Labute approximate surface area is 158 Å². The number of aromatic nitrogens is 2. The minimum Gasteiger partial charge on any atom is -0.341 e. The third-order valence-electron chi connectivity index (χ3n) is 4.27. The number of halogens is 2. The summed E-state index contributed by atoms with van der Waals surface area (Å²) in [5.41, 5.74) is 0.862. The van der Waals surface area contributed by atoms with Gasteiger partial charge in [0.2, 0.25) is 5.91 Å². The molecule has 2 aromatic carbocycles. The van der Waals surface area contributed by atoms with Crippen LogP contribution in [0.1, 0.15) is 12.0 Å². The number of aromatic amines is 1. The summed E-state index contributed by atoms with van der Waals surface area (Å²) in [4.78, 5) is 29.3. The zero-order valence-corrected chi connectivity index (χ0v) is 15.4. The zero-order valence-electron chi connectivity index (χ0n) is 14.5. The molecule has 0 fully saturated rings. The number of amides is 1. The van der Waals surface area contributed by atoms with Gasteiger partial charge in [-0.15, -0.1) is 0 Å². The highest BCUT2D eigenvalue weighted by Gasteiger charge is 2.13. The molecule has 5 nitrogen and oxygen atoms in total. The van der Waals surface area contributed by atoms with E-state index in [2.05, 4.69) is 4.98 Å². The highest BCUT2D eigenvalue weighted by molar-refractivity contribution is 7.71. The van der Waals surface area contributed by atoms with Crippen molar-refractivity contribution >= 4 is 29.0 Å². The molecule has 8 heteroatoms. The summed E-state index contributed by atoms with van der Waals surface area (Å²) in [6, 6.07) is 10.5. The summed E-state index contributed by atoms with van der Waals surface area (Å²) in [5, 5.41) is 0.494. The van der Waals surface area contributed by atoms with Crippen LogP contribution >= 0.6 is 12.2 Å². The van der Waals surface area contributed by atoms with Crippen LogP contribution in [0, 0.1) is 16.4 Å². The molecule has 1 N–H and O–H groups in total. The highest BCUT2D eigenvalue weighted by Crippen LogP contribution is 2.11. The molecule has 0 spiro atoms. The monoisotopic (exact) mass is 389 g/mol. The second-order valence-electron chi connectivity index (χ2n) is 6.18. The maximum atomic E-state index is 13.3. The van der Waals surface area contributed by atoms with Gasteiger partial charge in [0.15, 0.2) is 16.4 Å². The number of para-hydroxylation sites is 1. The summed E-state index contributed by atoms with van der Waals surface area (Å²) >= 11 is 5.22. The molecule has 0 unspecified atom stereocenters. The zero-order chi connectivity index (χ0) is 19.6. The van der Waals surface area contributed by atoms with Crippen LogP contribution in [-0.2, 0) is 17.9 Å². The molecule has 0 aliphatic carbocycles. The molecule has 1 aromatic heterocycles. The van der Waals surface area contributed by atoms with Crippen molar-refractivity contribution in [1.82, 2.24) is 14.5 Å². The van der Waals surface area contributed by atoms with Crippen LogP contribution in [0.25, 0.3) is 10.9 Å². The number of fused-ring (bicyclic) bond motifs is 1. The van der Waals surface area contributed by atoms with Crippen LogP contribution in [0.3, 0.4) is 0 Å². The molecule has 0 radical (unpaired) electrons. The number of rotatable bonds is 5. The van der Waals surface area contributed by atoms with Gasteiger partial charge in [0.25, 0.3) is 5.56 Å². The van der Waals surface area contributed by atoms with Crippen molar-refractivity contribution in [2.24, 2.45) is 0 Å². The molecule has 1 heterocycles. The van der Waals surface area contributed by atoms with E-state index in [4.69, 9.17) is 12.2 Å². The molecule has 0 saturated heterocycles. The van der Waals surface area contributed by atoms with Gasteiger partial charge >= 0.3 is 0 Å². The largest absolute Gasteiger partial charge is 0.341 e. The minimum atomic E-state index is -0.956. The van der Waals surface area contributed by atoms with E-state index >= 15 is 0 Å². The number of benzene rings is 2. The number of H-pyrrole nitrogens is 1. The standard InChI is InChI=1S/C19H17F2N3O2S/c1-23(11-12-6-7-14(20)15(21)10-12)17(25)8-9-24-18(26)13-4-2-3-5-16(13)22-19(24)27/h2-7,10H,8-9,11H2,1H3,(H,22,27). The van der Waals surface area contributed by atoms with Gasteiger partial charge in [0, 0.05) is 26.6 Å². The molecule has 1 amide bonds. The minimum absolute atomic E-state index is 0.0515. The normalized spacial score (nSPS) is 10.9. The molecule has 0 atom stereocenters. The fraction of sp³-hybridized carbons (Fsp3) is 0.211. The highest BCUT2D eigenvalue weighted by atomic mass is 32.1. The van der Waals surface area contributed by atoms with Gasteiger partial charge in [-0.05, 0) is 42.0 Å². The Hall–Kier alpha value is -2.87. The average molecular weight is 389 g/mol. The first-order chi connectivity index (χ1) is 12.9. The molecular weight excluding hydrogens is 372 g/mol. The lowest BCUT2D eigenvalue weighted by Gasteiger charge is -2.18. The van der Waals surface area contributed by atoms with Gasteiger partial charge in [0.05, 0.1) is 10.9 Å². The van der Waals surface area contributed by atoms with Gasteiger partial charge in [0.1, 0.15) is 0 Å². The third-order valence-corrected chi connectivity index (χ3v) is 4.59. The van der Waals surface area contributed by atoms with E-state index in [-0.39, 0.29) is 35.7 Å². The van der Waals surface area contributed by atoms with E-state index in [9.17, 15) is 18.4 Å². The van der Waals surface area contributed by atoms with E-state index in [1.54, 1.807) is 31.3 Å². The Kier molecular flexibility index (Phi) is 5.46. The number of nitrogens with one attached hydrogen (secondary N) is 1. The summed E-state index contributed by atoms with van der Waals surface area (Å²) in [6.45, 7) is 0.259. The van der Waals surface area contributed by atoms with Gasteiger partial charge < -0.3 is 9.88 Å². The van der Waals surface area contributed by atoms with Gasteiger partial charge in [-0.2, -0.15) is 0 Å². The summed E-state index contributed by atoms with van der Waals surface area (Å²) in [5.74, 6) is -2.13. The molecule has 27 heavy (non-hydrogen) atoms. The lowest BCUT2D eigenvalue weighted by atomic mass is 10.2. The molecular formula is C19H17F2N3O2S. The van der Waals surface area contributed by atoms with Crippen molar-refractivity contribution in [3.05, 3.63) is 74.8 Å². The Morgan fingerprint density at radius 2 is 1.93 bits per heavy atom. The fourth-order valence-electron chi connectivity index (χ4n) is 2.80. The quantitative estimate of drug-likeness (QED) is 0.681. The molecule has 3 rings (SSSR count). The number of hydrogen-bond acceptors (Lipinski definition) is 3. The van der Waals surface area contributed by atoms with E-state index in [1.807, 2.05) is 0 Å². The van der Waals surface area contributed by atoms with Crippen molar-refractivity contribution in [3.8, 4) is 0 Å². The summed E-state index contributed by atoms with van der Waals surface area (Å²) in [7, 11) is 1.56. The maximum Gasteiger partial charge on any atom is 0.262 e. The van der Waals surface area contributed by atoms with Crippen molar-refractivity contribution in [3.63, 3.8) is 0 Å². The predicted molar refractivity (Wildman–Crippen MR) is 101 cm³/mol.